The molecule has 3 rings (SSSR count). The van der Waals surface area contributed by atoms with Crippen LogP contribution in [-0.2, 0) is 6.54 Å². The van der Waals surface area contributed by atoms with Gasteiger partial charge >= 0.3 is 0 Å². The van der Waals surface area contributed by atoms with E-state index in [-0.39, 0.29) is 10.8 Å². The Bertz CT molecular complexity index is 761. The maximum atomic E-state index is 14.0. The Balaban J connectivity index is 1.98. The van der Waals surface area contributed by atoms with E-state index in [1.807, 2.05) is 18.2 Å². The van der Waals surface area contributed by atoms with Gasteiger partial charge in [-0.05, 0) is 39.7 Å². The Morgan fingerprint density at radius 2 is 2.25 bits per heavy atom. The quantitative estimate of drug-likeness (QED) is 0.782. The number of rotatable bonds is 3. The zero-order valence-corrected chi connectivity index (χ0v) is 12.4. The van der Waals surface area contributed by atoms with Crippen molar-refractivity contribution < 1.29 is 4.39 Å². The first-order chi connectivity index (χ1) is 9.65. The molecule has 0 aliphatic rings. The molecular formula is C12H8BrClFN5. The number of anilines is 1. The fourth-order valence-electron chi connectivity index (χ4n) is 1.79. The number of hydrogen-bond acceptors (Lipinski definition) is 4. The third-order valence-electron chi connectivity index (χ3n) is 2.66. The van der Waals surface area contributed by atoms with Crippen molar-refractivity contribution in [1.29, 1.82) is 0 Å². The molecule has 3 aromatic rings. The predicted molar refractivity (Wildman–Crippen MR) is 77.2 cm³/mol. The number of pyridine rings is 1. The largest absolute Gasteiger partial charge is 0.362 e. The average molecular weight is 357 g/mol. The molecule has 0 saturated heterocycles. The van der Waals surface area contributed by atoms with Gasteiger partial charge in [-0.3, -0.25) is 4.98 Å². The molecular weight excluding hydrogens is 349 g/mol. The summed E-state index contributed by atoms with van der Waals surface area (Å²) in [5.41, 5.74) is 1.05. The van der Waals surface area contributed by atoms with Crippen LogP contribution in [0.2, 0.25) is 5.28 Å². The fourth-order valence-corrected chi connectivity index (χ4v) is 2.34. The highest BCUT2D eigenvalue weighted by Crippen LogP contribution is 2.26. The molecule has 0 unspecified atom stereocenters. The smallest absolute Gasteiger partial charge is 0.243 e. The summed E-state index contributed by atoms with van der Waals surface area (Å²) in [6.45, 7) is 0.409. The Labute approximate surface area is 126 Å². The maximum absolute atomic E-state index is 14.0. The lowest BCUT2D eigenvalue weighted by molar-refractivity contribution is 0.633. The van der Waals surface area contributed by atoms with Gasteiger partial charge < -0.3 is 5.32 Å². The van der Waals surface area contributed by atoms with E-state index in [9.17, 15) is 4.39 Å². The van der Waals surface area contributed by atoms with Gasteiger partial charge in [-0.15, -0.1) is 5.10 Å². The number of nitrogens with one attached hydrogen (secondary N) is 1. The van der Waals surface area contributed by atoms with E-state index in [0.717, 1.165) is 5.69 Å². The second kappa shape index (κ2) is 5.34. The van der Waals surface area contributed by atoms with Crippen LogP contribution < -0.4 is 5.32 Å². The van der Waals surface area contributed by atoms with Gasteiger partial charge in [-0.2, -0.15) is 4.98 Å². The molecule has 8 heteroatoms. The first kappa shape index (κ1) is 13.3. The van der Waals surface area contributed by atoms with Crippen LogP contribution in [0.1, 0.15) is 5.69 Å². The molecule has 0 aliphatic carbocycles. The zero-order chi connectivity index (χ0) is 14.1. The van der Waals surface area contributed by atoms with Gasteiger partial charge in [0.05, 0.1) is 16.7 Å². The van der Waals surface area contributed by atoms with Crippen molar-refractivity contribution in [2.45, 2.75) is 6.54 Å². The van der Waals surface area contributed by atoms with E-state index < -0.39 is 5.82 Å². The highest BCUT2D eigenvalue weighted by Gasteiger charge is 2.15. The molecule has 0 amide bonds. The minimum atomic E-state index is -0.440. The van der Waals surface area contributed by atoms with Gasteiger partial charge in [0.25, 0.3) is 0 Å². The van der Waals surface area contributed by atoms with Crippen LogP contribution in [0.4, 0.5) is 10.2 Å². The SMILES string of the molecule is Fc1c(Br)cn2nc(Cl)nc(NCc3ccccn3)c12. The van der Waals surface area contributed by atoms with Crippen molar-refractivity contribution in [1.82, 2.24) is 19.6 Å². The van der Waals surface area contributed by atoms with Crippen molar-refractivity contribution in [2.24, 2.45) is 0 Å². The van der Waals surface area contributed by atoms with Crippen molar-refractivity contribution in [2.75, 3.05) is 5.32 Å². The van der Waals surface area contributed by atoms with E-state index in [1.165, 1.54) is 10.7 Å². The Morgan fingerprint density at radius 1 is 1.40 bits per heavy atom. The van der Waals surface area contributed by atoms with Crippen LogP contribution in [0.15, 0.2) is 35.1 Å². The second-order valence-corrected chi connectivity index (χ2v) is 5.18. The molecule has 1 N–H and O–H groups in total. The minimum absolute atomic E-state index is 0.0310. The number of aromatic nitrogens is 4. The molecule has 3 heterocycles. The molecule has 20 heavy (non-hydrogen) atoms. The van der Waals surface area contributed by atoms with Crippen molar-refractivity contribution in [3.05, 3.63) is 51.9 Å². The first-order valence-electron chi connectivity index (χ1n) is 5.69. The molecule has 0 aliphatic heterocycles. The van der Waals surface area contributed by atoms with Gasteiger partial charge in [-0.25, -0.2) is 8.91 Å². The molecule has 0 saturated carbocycles. The lowest BCUT2D eigenvalue weighted by Gasteiger charge is -2.07. The van der Waals surface area contributed by atoms with Gasteiger partial charge in [0, 0.05) is 12.4 Å². The van der Waals surface area contributed by atoms with E-state index in [1.54, 1.807) is 6.20 Å². The monoisotopic (exact) mass is 355 g/mol. The molecule has 0 fully saturated rings. The molecule has 0 bridgehead atoms. The van der Waals surface area contributed by atoms with E-state index in [0.29, 0.717) is 16.8 Å². The number of halogens is 3. The number of hydrogen-bond donors (Lipinski definition) is 1. The average Bonchev–Trinajstić information content (AvgIpc) is 2.72. The molecule has 5 nitrogen and oxygen atoms in total. The summed E-state index contributed by atoms with van der Waals surface area (Å²) < 4.78 is 15.7. The molecule has 0 atom stereocenters. The van der Waals surface area contributed by atoms with Gasteiger partial charge in [-0.1, -0.05) is 6.07 Å². The van der Waals surface area contributed by atoms with Crippen LogP contribution in [0, 0.1) is 5.82 Å². The van der Waals surface area contributed by atoms with Gasteiger partial charge in [0.15, 0.2) is 11.6 Å². The van der Waals surface area contributed by atoms with Crippen molar-refractivity contribution >= 4 is 38.9 Å². The van der Waals surface area contributed by atoms with Gasteiger partial charge in [0.2, 0.25) is 5.28 Å². The van der Waals surface area contributed by atoms with Crippen molar-refractivity contribution in [3.63, 3.8) is 0 Å². The number of fused-ring (bicyclic) bond motifs is 1. The third-order valence-corrected chi connectivity index (χ3v) is 3.38. The highest BCUT2D eigenvalue weighted by molar-refractivity contribution is 9.10. The van der Waals surface area contributed by atoms with Crippen molar-refractivity contribution in [3.8, 4) is 0 Å². The lowest BCUT2D eigenvalue weighted by Crippen LogP contribution is -2.07. The summed E-state index contributed by atoms with van der Waals surface area (Å²) in [6, 6.07) is 5.56. The van der Waals surface area contributed by atoms with E-state index in [4.69, 9.17) is 11.6 Å². The maximum Gasteiger partial charge on any atom is 0.243 e. The number of nitrogens with zero attached hydrogens (tertiary/aromatic N) is 4. The normalized spacial score (nSPS) is 10.9. The lowest BCUT2D eigenvalue weighted by atomic mass is 10.3. The summed E-state index contributed by atoms with van der Waals surface area (Å²) in [4.78, 5) is 8.20. The highest BCUT2D eigenvalue weighted by atomic mass is 79.9. The zero-order valence-electron chi connectivity index (χ0n) is 10.0. The Kier molecular flexibility index (Phi) is 3.54. The second-order valence-electron chi connectivity index (χ2n) is 3.99. The van der Waals surface area contributed by atoms with Crippen LogP contribution in [0.5, 0.6) is 0 Å². The van der Waals surface area contributed by atoms with Gasteiger partial charge in [0.1, 0.15) is 5.52 Å². The molecule has 102 valence electrons. The molecule has 0 radical (unpaired) electrons. The molecule has 0 spiro atoms. The van der Waals surface area contributed by atoms with Crippen LogP contribution in [-0.4, -0.2) is 19.6 Å². The van der Waals surface area contributed by atoms with Crippen LogP contribution in [0.3, 0.4) is 0 Å². The van der Waals surface area contributed by atoms with E-state index in [2.05, 4.69) is 36.3 Å². The third kappa shape index (κ3) is 2.46. The van der Waals surface area contributed by atoms with Crippen LogP contribution >= 0.6 is 27.5 Å². The van der Waals surface area contributed by atoms with Crippen LogP contribution in [0.25, 0.3) is 5.52 Å². The molecule has 3 aromatic heterocycles. The Morgan fingerprint density at radius 3 is 3.00 bits per heavy atom. The van der Waals surface area contributed by atoms with E-state index >= 15 is 0 Å². The topological polar surface area (TPSA) is 55.1 Å². The summed E-state index contributed by atoms with van der Waals surface area (Å²) in [5.74, 6) is -0.121. The summed E-state index contributed by atoms with van der Waals surface area (Å²) in [6.07, 6.45) is 3.18. The first-order valence-corrected chi connectivity index (χ1v) is 6.86. The molecule has 0 aromatic carbocycles. The predicted octanol–water partition coefficient (Wildman–Crippen LogP) is 3.29. The minimum Gasteiger partial charge on any atom is -0.362 e. The summed E-state index contributed by atoms with van der Waals surface area (Å²) in [7, 11) is 0. The summed E-state index contributed by atoms with van der Waals surface area (Å²) >= 11 is 8.95. The summed E-state index contributed by atoms with van der Waals surface area (Å²) in [5, 5.41) is 6.97. The Hall–Kier alpha value is -1.73. The standard InChI is InChI=1S/C12H8BrClFN5/c13-8-6-20-10(9(8)15)11(18-12(14)19-20)17-5-7-3-1-2-4-16-7/h1-4,6H,5H2,(H,17,18,19). The fraction of sp³-hybridized carbons (Fsp3) is 0.0833.